The number of alkyl halides is 2. The number of hydrogen-bond donors (Lipinski definition) is 0. The van der Waals surface area contributed by atoms with E-state index in [1.54, 1.807) is 0 Å². The first-order chi connectivity index (χ1) is 4.31. The number of unbranched alkanes of at least 4 members (excludes halogenated alkanes) is 1. The molecule has 0 N–H and O–H groups in total. The maximum atomic E-state index is 3.46. The Kier molecular flexibility index (Phi) is 7.83. The Labute approximate surface area is 74.7 Å². The lowest BCUT2D eigenvalue weighted by Crippen LogP contribution is -1.94. The Balaban J connectivity index is 2.88. The third kappa shape index (κ3) is 6.85. The fourth-order valence-electron chi connectivity index (χ4n) is 0.664. The molecule has 0 radical (unpaired) electrons. The molecule has 1 atom stereocenters. The van der Waals surface area contributed by atoms with Gasteiger partial charge in [0.2, 0.25) is 0 Å². The van der Waals surface area contributed by atoms with Crippen LogP contribution >= 0.6 is 31.9 Å². The third-order valence-corrected chi connectivity index (χ3v) is 3.01. The van der Waals surface area contributed by atoms with E-state index < -0.39 is 0 Å². The van der Waals surface area contributed by atoms with Crippen molar-refractivity contribution in [2.45, 2.75) is 26.2 Å². The normalized spacial score (nSPS) is 13.7. The second kappa shape index (κ2) is 7.07. The molecule has 0 aromatic heterocycles. The van der Waals surface area contributed by atoms with Gasteiger partial charge in [0.15, 0.2) is 0 Å². The molecule has 0 rings (SSSR count). The summed E-state index contributed by atoms with van der Waals surface area (Å²) in [4.78, 5) is 0. The predicted molar refractivity (Wildman–Crippen MR) is 50.6 cm³/mol. The van der Waals surface area contributed by atoms with Gasteiger partial charge in [-0.15, -0.1) is 0 Å². The van der Waals surface area contributed by atoms with Crippen molar-refractivity contribution >= 4 is 31.9 Å². The van der Waals surface area contributed by atoms with Gasteiger partial charge in [-0.25, -0.2) is 0 Å². The fraction of sp³-hybridized carbons (Fsp3) is 1.00. The monoisotopic (exact) mass is 256 g/mol. The third-order valence-electron chi connectivity index (χ3n) is 1.34. The summed E-state index contributed by atoms with van der Waals surface area (Å²) in [6.45, 7) is 2.28. The molecule has 2 heteroatoms. The molecule has 0 nitrogen and oxygen atoms in total. The molecule has 0 aliphatic rings. The summed E-state index contributed by atoms with van der Waals surface area (Å²) in [5, 5.41) is 2.30. The van der Waals surface area contributed by atoms with E-state index in [0.717, 1.165) is 16.6 Å². The minimum absolute atomic E-state index is 0.851. The van der Waals surface area contributed by atoms with Gasteiger partial charge in [0.25, 0.3) is 0 Å². The minimum atomic E-state index is 0.851. The standard InChI is InChI=1S/C7H14Br2/c1-7(6-9)4-2-3-5-8/h7H,2-6H2,1H3/t7-/m0/s1. The lowest BCUT2D eigenvalue weighted by atomic mass is 10.1. The van der Waals surface area contributed by atoms with Crippen LogP contribution in [-0.2, 0) is 0 Å². The van der Waals surface area contributed by atoms with Crippen LogP contribution in [0, 0.1) is 5.92 Å². The second-order valence-electron chi connectivity index (χ2n) is 2.44. The Morgan fingerprint density at radius 3 is 2.33 bits per heavy atom. The van der Waals surface area contributed by atoms with Crippen molar-refractivity contribution in [2.24, 2.45) is 5.92 Å². The maximum Gasteiger partial charge on any atom is 0.00570 e. The van der Waals surface area contributed by atoms with Crippen LogP contribution in [0.5, 0.6) is 0 Å². The summed E-state index contributed by atoms with van der Waals surface area (Å²) in [5.74, 6) is 0.851. The zero-order chi connectivity index (χ0) is 7.11. The summed E-state index contributed by atoms with van der Waals surface area (Å²) in [5.41, 5.74) is 0. The largest absolute Gasteiger partial charge is 0.0928 e. The first kappa shape index (κ1) is 9.96. The van der Waals surface area contributed by atoms with Gasteiger partial charge in [-0.05, 0) is 18.8 Å². The van der Waals surface area contributed by atoms with Gasteiger partial charge in [0.05, 0.1) is 0 Å². The van der Waals surface area contributed by atoms with E-state index in [9.17, 15) is 0 Å². The van der Waals surface area contributed by atoms with E-state index in [2.05, 4.69) is 38.8 Å². The van der Waals surface area contributed by atoms with Crippen molar-refractivity contribution in [3.63, 3.8) is 0 Å². The van der Waals surface area contributed by atoms with E-state index in [1.165, 1.54) is 19.3 Å². The van der Waals surface area contributed by atoms with Crippen LogP contribution in [0.25, 0.3) is 0 Å². The van der Waals surface area contributed by atoms with Gasteiger partial charge in [0.1, 0.15) is 0 Å². The average molecular weight is 258 g/mol. The summed E-state index contributed by atoms with van der Waals surface area (Å²) < 4.78 is 0. The van der Waals surface area contributed by atoms with E-state index in [1.807, 2.05) is 0 Å². The molecule has 0 unspecified atom stereocenters. The molecule has 9 heavy (non-hydrogen) atoms. The summed E-state index contributed by atoms with van der Waals surface area (Å²) >= 11 is 6.86. The highest BCUT2D eigenvalue weighted by Crippen LogP contribution is 2.10. The molecule has 0 aromatic rings. The smallest absolute Gasteiger partial charge is 0.00570 e. The fourth-order valence-corrected chi connectivity index (χ4v) is 1.38. The highest BCUT2D eigenvalue weighted by atomic mass is 79.9. The highest BCUT2D eigenvalue weighted by molar-refractivity contribution is 9.09. The van der Waals surface area contributed by atoms with Crippen LogP contribution in [0.3, 0.4) is 0 Å². The van der Waals surface area contributed by atoms with Crippen molar-refractivity contribution in [1.29, 1.82) is 0 Å². The summed E-state index contributed by atoms with van der Waals surface area (Å²) in [7, 11) is 0. The van der Waals surface area contributed by atoms with Crippen molar-refractivity contribution in [3.8, 4) is 0 Å². The SMILES string of the molecule is C[C@H](CBr)CCCCBr. The Bertz CT molecular complexity index is 54.9. The average Bonchev–Trinajstić information content (AvgIpc) is 1.89. The molecule has 0 aliphatic heterocycles. The second-order valence-corrected chi connectivity index (χ2v) is 3.88. The van der Waals surface area contributed by atoms with E-state index >= 15 is 0 Å². The molecule has 0 aromatic carbocycles. The van der Waals surface area contributed by atoms with Gasteiger partial charge in [-0.2, -0.15) is 0 Å². The molecule has 0 aliphatic carbocycles. The zero-order valence-corrected chi connectivity index (χ0v) is 9.04. The van der Waals surface area contributed by atoms with Gasteiger partial charge in [-0.3, -0.25) is 0 Å². The van der Waals surface area contributed by atoms with Crippen LogP contribution in [-0.4, -0.2) is 10.7 Å². The Hall–Kier alpha value is 0.960. The number of rotatable bonds is 5. The van der Waals surface area contributed by atoms with Gasteiger partial charge >= 0.3 is 0 Å². The quantitative estimate of drug-likeness (QED) is 0.522. The lowest BCUT2D eigenvalue weighted by molar-refractivity contribution is 0.563. The molecule has 0 saturated heterocycles. The van der Waals surface area contributed by atoms with Crippen LogP contribution < -0.4 is 0 Å². The predicted octanol–water partition coefficient (Wildman–Crippen LogP) is 3.58. The zero-order valence-electron chi connectivity index (χ0n) is 5.87. The summed E-state index contributed by atoms with van der Waals surface area (Å²) in [6.07, 6.45) is 4.03. The lowest BCUT2D eigenvalue weighted by Gasteiger charge is -2.04. The maximum absolute atomic E-state index is 3.46. The van der Waals surface area contributed by atoms with Crippen molar-refractivity contribution in [3.05, 3.63) is 0 Å². The first-order valence-electron chi connectivity index (χ1n) is 3.43. The number of hydrogen-bond acceptors (Lipinski definition) is 0. The molecule has 0 amide bonds. The minimum Gasteiger partial charge on any atom is -0.0928 e. The molecule has 0 saturated carbocycles. The molecule has 0 spiro atoms. The Morgan fingerprint density at radius 2 is 1.89 bits per heavy atom. The van der Waals surface area contributed by atoms with E-state index in [0.29, 0.717) is 0 Å². The van der Waals surface area contributed by atoms with Gasteiger partial charge in [-0.1, -0.05) is 45.2 Å². The first-order valence-corrected chi connectivity index (χ1v) is 5.67. The molecule has 0 bridgehead atoms. The molecule has 0 heterocycles. The van der Waals surface area contributed by atoms with Crippen molar-refractivity contribution < 1.29 is 0 Å². The topological polar surface area (TPSA) is 0 Å². The number of halogens is 2. The van der Waals surface area contributed by atoms with Crippen molar-refractivity contribution in [1.82, 2.24) is 0 Å². The van der Waals surface area contributed by atoms with Crippen LogP contribution in [0.2, 0.25) is 0 Å². The van der Waals surface area contributed by atoms with E-state index in [-0.39, 0.29) is 0 Å². The van der Waals surface area contributed by atoms with Gasteiger partial charge in [0, 0.05) is 10.7 Å². The highest BCUT2D eigenvalue weighted by Gasteiger charge is 1.97. The van der Waals surface area contributed by atoms with Crippen LogP contribution in [0.1, 0.15) is 26.2 Å². The molecule has 0 fully saturated rings. The van der Waals surface area contributed by atoms with Crippen molar-refractivity contribution in [2.75, 3.05) is 10.7 Å². The Morgan fingerprint density at radius 1 is 1.22 bits per heavy atom. The van der Waals surface area contributed by atoms with Gasteiger partial charge < -0.3 is 0 Å². The molecule has 56 valence electrons. The summed E-state index contributed by atoms with van der Waals surface area (Å²) in [6, 6.07) is 0. The van der Waals surface area contributed by atoms with Crippen LogP contribution in [0.4, 0.5) is 0 Å². The molecular formula is C7H14Br2. The molecular weight excluding hydrogens is 244 g/mol. The van der Waals surface area contributed by atoms with Crippen LogP contribution in [0.15, 0.2) is 0 Å². The van der Waals surface area contributed by atoms with E-state index in [4.69, 9.17) is 0 Å².